The molecule has 0 fully saturated rings. The zero-order chi connectivity index (χ0) is 9.26. The second-order valence-corrected chi connectivity index (χ2v) is 3.22. The maximum Gasteiger partial charge on any atom is 0.348 e. The summed E-state index contributed by atoms with van der Waals surface area (Å²) in [6.45, 7) is 0. The van der Waals surface area contributed by atoms with Crippen molar-refractivity contribution in [1.29, 1.82) is 0 Å². The normalized spacial score (nSPS) is 15.2. The largest absolute Gasteiger partial charge is 0.481 e. The van der Waals surface area contributed by atoms with Crippen LogP contribution in [0.1, 0.15) is 24.1 Å². The van der Waals surface area contributed by atoms with Crippen LogP contribution in [0.2, 0.25) is 0 Å². The minimum atomic E-state index is -0.308. The van der Waals surface area contributed by atoms with Crippen LogP contribution in [-0.4, -0.2) is 17.1 Å². The third kappa shape index (κ3) is 1.43. The summed E-state index contributed by atoms with van der Waals surface area (Å²) in [5, 5.41) is 0. The predicted octanol–water partition coefficient (Wildman–Crippen LogP) is 0.657. The van der Waals surface area contributed by atoms with Crippen molar-refractivity contribution in [2.45, 2.75) is 25.7 Å². The molecule has 0 aliphatic heterocycles. The molecule has 1 aliphatic rings. The van der Waals surface area contributed by atoms with E-state index >= 15 is 0 Å². The van der Waals surface area contributed by atoms with Crippen LogP contribution in [0, 0.1) is 0 Å². The highest BCUT2D eigenvalue weighted by molar-refractivity contribution is 5.31. The van der Waals surface area contributed by atoms with Gasteiger partial charge in [-0.3, -0.25) is 0 Å². The number of hydrogen-bond donors (Lipinski definition) is 1. The van der Waals surface area contributed by atoms with E-state index in [2.05, 4.69) is 9.97 Å². The molecule has 0 amide bonds. The summed E-state index contributed by atoms with van der Waals surface area (Å²) >= 11 is 0. The van der Waals surface area contributed by atoms with Gasteiger partial charge in [0, 0.05) is 11.3 Å². The number of H-pyrrole nitrogens is 1. The molecule has 0 atom stereocenters. The molecule has 4 nitrogen and oxygen atoms in total. The van der Waals surface area contributed by atoms with E-state index in [-0.39, 0.29) is 5.69 Å². The average molecular weight is 180 g/mol. The third-order valence-electron chi connectivity index (χ3n) is 2.38. The summed E-state index contributed by atoms with van der Waals surface area (Å²) in [6.07, 6.45) is 4.18. The van der Waals surface area contributed by atoms with Gasteiger partial charge in [-0.05, 0) is 25.7 Å². The number of ether oxygens (including phenoxy) is 1. The average Bonchev–Trinajstić information content (AvgIpc) is 2.16. The van der Waals surface area contributed by atoms with Gasteiger partial charge < -0.3 is 9.72 Å². The van der Waals surface area contributed by atoms with Crippen molar-refractivity contribution in [2.24, 2.45) is 0 Å². The van der Waals surface area contributed by atoms with Gasteiger partial charge in [0.2, 0.25) is 5.88 Å². The Morgan fingerprint density at radius 2 is 2.15 bits per heavy atom. The molecule has 1 heterocycles. The van der Waals surface area contributed by atoms with Crippen molar-refractivity contribution in [3.05, 3.63) is 21.7 Å². The first-order valence-corrected chi connectivity index (χ1v) is 4.47. The second kappa shape index (κ2) is 3.20. The summed E-state index contributed by atoms with van der Waals surface area (Å²) in [5.74, 6) is 0.499. The second-order valence-electron chi connectivity index (χ2n) is 3.22. The zero-order valence-corrected chi connectivity index (χ0v) is 7.59. The first-order valence-electron chi connectivity index (χ1n) is 4.47. The van der Waals surface area contributed by atoms with E-state index in [9.17, 15) is 4.79 Å². The van der Waals surface area contributed by atoms with Crippen molar-refractivity contribution in [3.8, 4) is 5.88 Å². The summed E-state index contributed by atoms with van der Waals surface area (Å²) in [4.78, 5) is 17.6. The smallest absolute Gasteiger partial charge is 0.348 e. The number of aryl methyl sites for hydroxylation is 1. The van der Waals surface area contributed by atoms with Gasteiger partial charge in [0.05, 0.1) is 7.11 Å². The molecular formula is C9H12N2O2. The molecule has 0 spiro atoms. The quantitative estimate of drug-likeness (QED) is 0.690. The Morgan fingerprint density at radius 1 is 1.38 bits per heavy atom. The third-order valence-corrected chi connectivity index (χ3v) is 2.38. The zero-order valence-electron chi connectivity index (χ0n) is 7.59. The molecular weight excluding hydrogens is 168 g/mol. The van der Waals surface area contributed by atoms with Crippen molar-refractivity contribution in [2.75, 3.05) is 7.11 Å². The Hall–Kier alpha value is -1.32. The van der Waals surface area contributed by atoms with Gasteiger partial charge >= 0.3 is 5.69 Å². The highest BCUT2D eigenvalue weighted by atomic mass is 16.5. The van der Waals surface area contributed by atoms with Crippen LogP contribution in [0.25, 0.3) is 0 Å². The SMILES string of the molecule is COc1nc(=O)[nH]c2c1CCCC2. The van der Waals surface area contributed by atoms with Gasteiger partial charge in [0.25, 0.3) is 0 Å². The lowest BCUT2D eigenvalue weighted by Gasteiger charge is -2.16. The molecule has 4 heteroatoms. The molecule has 2 rings (SSSR count). The number of rotatable bonds is 1. The first-order chi connectivity index (χ1) is 6.31. The van der Waals surface area contributed by atoms with Gasteiger partial charge in [-0.2, -0.15) is 4.98 Å². The van der Waals surface area contributed by atoms with Crippen LogP contribution in [0.3, 0.4) is 0 Å². The van der Waals surface area contributed by atoms with Crippen molar-refractivity contribution >= 4 is 0 Å². The standard InChI is InChI=1S/C9H12N2O2/c1-13-8-6-4-2-3-5-7(6)10-9(12)11-8/h2-5H2,1H3,(H,10,11,12). The van der Waals surface area contributed by atoms with Crippen molar-refractivity contribution in [3.63, 3.8) is 0 Å². The monoisotopic (exact) mass is 180 g/mol. The van der Waals surface area contributed by atoms with E-state index in [1.54, 1.807) is 7.11 Å². The van der Waals surface area contributed by atoms with Crippen LogP contribution in [0.4, 0.5) is 0 Å². The van der Waals surface area contributed by atoms with E-state index < -0.39 is 0 Å². The maximum atomic E-state index is 11.1. The number of nitrogens with one attached hydrogen (secondary N) is 1. The summed E-state index contributed by atoms with van der Waals surface area (Å²) in [6, 6.07) is 0. The van der Waals surface area contributed by atoms with Gasteiger partial charge in [-0.1, -0.05) is 0 Å². The Bertz CT molecular complexity index is 350. The van der Waals surface area contributed by atoms with Crippen LogP contribution < -0.4 is 10.4 Å². The van der Waals surface area contributed by atoms with Crippen LogP contribution >= 0.6 is 0 Å². The Kier molecular flexibility index (Phi) is 2.04. The van der Waals surface area contributed by atoms with Gasteiger partial charge in [-0.15, -0.1) is 0 Å². The van der Waals surface area contributed by atoms with Crippen LogP contribution in [-0.2, 0) is 12.8 Å². The molecule has 0 unspecified atom stereocenters. The fourth-order valence-electron chi connectivity index (χ4n) is 1.76. The lowest BCUT2D eigenvalue weighted by Crippen LogP contribution is -2.19. The Balaban J connectivity index is 2.57. The lowest BCUT2D eigenvalue weighted by molar-refractivity contribution is 0.385. The molecule has 0 aromatic carbocycles. The molecule has 0 radical (unpaired) electrons. The topological polar surface area (TPSA) is 55.0 Å². The summed E-state index contributed by atoms with van der Waals surface area (Å²) in [7, 11) is 1.55. The molecule has 0 saturated carbocycles. The molecule has 1 aromatic heterocycles. The number of methoxy groups -OCH3 is 1. The number of aromatic nitrogens is 2. The minimum absolute atomic E-state index is 0.308. The number of nitrogens with zero attached hydrogens (tertiary/aromatic N) is 1. The van der Waals surface area contributed by atoms with E-state index in [0.29, 0.717) is 5.88 Å². The van der Waals surface area contributed by atoms with Gasteiger partial charge in [0.15, 0.2) is 0 Å². The van der Waals surface area contributed by atoms with Gasteiger partial charge in [-0.25, -0.2) is 4.79 Å². The number of aromatic amines is 1. The number of hydrogen-bond acceptors (Lipinski definition) is 3. The van der Waals surface area contributed by atoms with E-state index in [0.717, 1.165) is 36.9 Å². The van der Waals surface area contributed by atoms with E-state index in [4.69, 9.17) is 4.74 Å². The summed E-state index contributed by atoms with van der Waals surface area (Å²) < 4.78 is 5.06. The fourth-order valence-corrected chi connectivity index (χ4v) is 1.76. The summed E-state index contributed by atoms with van der Waals surface area (Å²) in [5.41, 5.74) is 1.77. The van der Waals surface area contributed by atoms with Crippen molar-refractivity contribution in [1.82, 2.24) is 9.97 Å². The lowest BCUT2D eigenvalue weighted by atomic mass is 9.97. The molecule has 13 heavy (non-hydrogen) atoms. The molecule has 1 aliphatic carbocycles. The predicted molar refractivity (Wildman–Crippen MR) is 48.1 cm³/mol. The molecule has 0 saturated heterocycles. The minimum Gasteiger partial charge on any atom is -0.481 e. The Morgan fingerprint density at radius 3 is 2.92 bits per heavy atom. The van der Waals surface area contributed by atoms with Crippen LogP contribution in [0.5, 0.6) is 5.88 Å². The van der Waals surface area contributed by atoms with E-state index in [1.165, 1.54) is 0 Å². The molecule has 0 bridgehead atoms. The van der Waals surface area contributed by atoms with Crippen molar-refractivity contribution < 1.29 is 4.74 Å². The van der Waals surface area contributed by atoms with Gasteiger partial charge in [0.1, 0.15) is 0 Å². The highest BCUT2D eigenvalue weighted by Crippen LogP contribution is 2.24. The molecule has 1 N–H and O–H groups in total. The Labute approximate surface area is 76.0 Å². The fraction of sp³-hybridized carbons (Fsp3) is 0.556. The van der Waals surface area contributed by atoms with E-state index in [1.807, 2.05) is 0 Å². The molecule has 70 valence electrons. The first kappa shape index (κ1) is 8.29. The maximum absolute atomic E-state index is 11.1. The number of fused-ring (bicyclic) bond motifs is 1. The molecule has 1 aromatic rings. The highest BCUT2D eigenvalue weighted by Gasteiger charge is 2.16. The van der Waals surface area contributed by atoms with Crippen LogP contribution in [0.15, 0.2) is 4.79 Å².